The van der Waals surface area contributed by atoms with Gasteiger partial charge in [-0.2, -0.15) is 0 Å². The summed E-state index contributed by atoms with van der Waals surface area (Å²) in [6.07, 6.45) is 2.09. The zero-order valence-electron chi connectivity index (χ0n) is 16.5. The fourth-order valence-electron chi connectivity index (χ4n) is 3.00. The summed E-state index contributed by atoms with van der Waals surface area (Å²) >= 11 is 1.24. The van der Waals surface area contributed by atoms with Crippen LogP contribution in [0.3, 0.4) is 0 Å². The summed E-state index contributed by atoms with van der Waals surface area (Å²) in [4.78, 5) is 23.5. The Morgan fingerprint density at radius 3 is 2.76 bits per heavy atom. The summed E-state index contributed by atoms with van der Waals surface area (Å²) in [5.41, 5.74) is 0.898. The van der Waals surface area contributed by atoms with E-state index < -0.39 is 11.9 Å². The largest absolute Gasteiger partial charge is 0.497 e. The molecule has 0 bridgehead atoms. The highest BCUT2D eigenvalue weighted by molar-refractivity contribution is 7.99. The van der Waals surface area contributed by atoms with Crippen molar-refractivity contribution in [2.24, 2.45) is 0 Å². The van der Waals surface area contributed by atoms with E-state index in [0.29, 0.717) is 24.1 Å². The number of ether oxygens (including phenoxy) is 2. The number of nitrogens with one attached hydrogen (secondary N) is 2. The zero-order valence-corrected chi connectivity index (χ0v) is 17.3. The van der Waals surface area contributed by atoms with Crippen LogP contribution >= 0.6 is 11.8 Å². The van der Waals surface area contributed by atoms with Gasteiger partial charge >= 0.3 is 6.03 Å². The van der Waals surface area contributed by atoms with Crippen LogP contribution in [0.15, 0.2) is 29.4 Å². The third-order valence-corrected chi connectivity index (χ3v) is 5.36. The molecule has 3 amide bonds. The molecule has 1 atom stereocenters. The summed E-state index contributed by atoms with van der Waals surface area (Å²) in [6, 6.07) is 7.08. The van der Waals surface area contributed by atoms with Gasteiger partial charge in [0.2, 0.25) is 5.91 Å². The van der Waals surface area contributed by atoms with Crippen molar-refractivity contribution in [2.75, 3.05) is 26.0 Å². The van der Waals surface area contributed by atoms with Crippen molar-refractivity contribution in [1.82, 2.24) is 25.4 Å². The summed E-state index contributed by atoms with van der Waals surface area (Å²) in [7, 11) is 1.62. The van der Waals surface area contributed by atoms with Crippen LogP contribution in [0.5, 0.6) is 5.75 Å². The molecule has 1 saturated heterocycles. The van der Waals surface area contributed by atoms with Crippen molar-refractivity contribution >= 4 is 23.7 Å². The Bertz CT molecular complexity index is 834. The summed E-state index contributed by atoms with van der Waals surface area (Å²) in [5.74, 6) is 1.13. The van der Waals surface area contributed by atoms with Gasteiger partial charge in [0.1, 0.15) is 5.75 Å². The number of methoxy groups -OCH3 is 1. The molecule has 1 fully saturated rings. The van der Waals surface area contributed by atoms with E-state index in [0.717, 1.165) is 30.8 Å². The molecule has 156 valence electrons. The maximum absolute atomic E-state index is 12.0. The van der Waals surface area contributed by atoms with E-state index in [1.165, 1.54) is 11.8 Å². The van der Waals surface area contributed by atoms with Gasteiger partial charge in [-0.3, -0.25) is 14.7 Å². The maximum Gasteiger partial charge on any atom is 0.321 e. The van der Waals surface area contributed by atoms with Crippen LogP contribution in [0.4, 0.5) is 4.79 Å². The van der Waals surface area contributed by atoms with Gasteiger partial charge in [0.15, 0.2) is 11.0 Å². The molecule has 10 heteroatoms. The van der Waals surface area contributed by atoms with Crippen LogP contribution in [-0.4, -0.2) is 58.8 Å². The first-order valence-electron chi connectivity index (χ1n) is 9.50. The Hall–Kier alpha value is -2.59. The summed E-state index contributed by atoms with van der Waals surface area (Å²) in [5, 5.41) is 14.0. The third kappa shape index (κ3) is 5.70. The highest BCUT2D eigenvalue weighted by atomic mass is 32.2. The molecule has 0 aliphatic carbocycles. The van der Waals surface area contributed by atoms with Crippen LogP contribution in [0.25, 0.3) is 11.4 Å². The van der Waals surface area contributed by atoms with Crippen LogP contribution in [0, 0.1) is 0 Å². The predicted molar refractivity (Wildman–Crippen MR) is 109 cm³/mol. The number of amides is 3. The topological polar surface area (TPSA) is 107 Å². The van der Waals surface area contributed by atoms with E-state index in [1.807, 2.05) is 28.8 Å². The number of benzene rings is 1. The van der Waals surface area contributed by atoms with Gasteiger partial charge in [0.25, 0.3) is 0 Å². The van der Waals surface area contributed by atoms with Crippen molar-refractivity contribution in [3.8, 4) is 17.1 Å². The van der Waals surface area contributed by atoms with Crippen molar-refractivity contribution in [3.05, 3.63) is 24.3 Å². The molecule has 2 N–H and O–H groups in total. The molecule has 29 heavy (non-hydrogen) atoms. The van der Waals surface area contributed by atoms with Crippen molar-refractivity contribution in [2.45, 2.75) is 37.6 Å². The summed E-state index contributed by atoms with van der Waals surface area (Å²) < 4.78 is 13.0. The minimum Gasteiger partial charge on any atom is -0.497 e. The number of hydrogen-bond acceptors (Lipinski definition) is 7. The van der Waals surface area contributed by atoms with E-state index in [4.69, 9.17) is 9.47 Å². The van der Waals surface area contributed by atoms with Gasteiger partial charge in [-0.05, 0) is 44.0 Å². The molecular formula is C19H25N5O4S. The number of nitrogens with zero attached hydrogens (tertiary/aromatic N) is 3. The first kappa shape index (κ1) is 21.1. The molecule has 0 saturated carbocycles. The number of hydrogen-bond donors (Lipinski definition) is 2. The molecular weight excluding hydrogens is 394 g/mol. The molecule has 2 aromatic rings. The third-order valence-electron chi connectivity index (χ3n) is 4.40. The fraction of sp³-hybridized carbons (Fsp3) is 0.474. The Morgan fingerprint density at radius 1 is 1.31 bits per heavy atom. The smallest absolute Gasteiger partial charge is 0.321 e. The zero-order chi connectivity index (χ0) is 20.6. The van der Waals surface area contributed by atoms with Gasteiger partial charge in [-0.25, -0.2) is 4.79 Å². The molecule has 0 radical (unpaired) electrons. The lowest BCUT2D eigenvalue weighted by Crippen LogP contribution is -2.40. The lowest BCUT2D eigenvalue weighted by molar-refractivity contribution is -0.117. The number of carbonyl (C=O) groups is 2. The second-order valence-corrected chi connectivity index (χ2v) is 7.42. The lowest BCUT2D eigenvalue weighted by Gasteiger charge is -2.15. The van der Waals surface area contributed by atoms with E-state index in [2.05, 4.69) is 20.8 Å². The van der Waals surface area contributed by atoms with Crippen LogP contribution in [-0.2, 0) is 16.1 Å². The van der Waals surface area contributed by atoms with Crippen LogP contribution in [0.2, 0.25) is 0 Å². The Morgan fingerprint density at radius 2 is 2.10 bits per heavy atom. The SMILES string of the molecule is CCNC(=O)NC(=O)CSc1nnc(-c2ccc(OC)cc2)n1C[C@@H]1CCCO1. The predicted octanol–water partition coefficient (Wildman–Crippen LogP) is 2.07. The standard InChI is InChI=1S/C19H25N5O4S/c1-3-20-18(26)21-16(25)12-29-19-23-22-17(13-6-8-14(27-2)9-7-13)24(19)11-15-5-4-10-28-15/h6-9,15H,3-5,10-12H2,1-2H3,(H2,20,21,25,26)/t15-/m0/s1. The molecule has 1 aromatic carbocycles. The number of thioether (sulfide) groups is 1. The highest BCUT2D eigenvalue weighted by Crippen LogP contribution is 2.27. The van der Waals surface area contributed by atoms with Crippen molar-refractivity contribution in [1.29, 1.82) is 0 Å². The quantitative estimate of drug-likeness (QED) is 0.631. The molecule has 0 unspecified atom stereocenters. The molecule has 1 aliphatic rings. The molecule has 3 rings (SSSR count). The number of carbonyl (C=O) groups excluding carboxylic acids is 2. The minimum atomic E-state index is -0.502. The number of imide groups is 1. The second-order valence-electron chi connectivity index (χ2n) is 6.48. The molecule has 9 nitrogen and oxygen atoms in total. The Kier molecular flexibility index (Phi) is 7.48. The van der Waals surface area contributed by atoms with Crippen molar-refractivity contribution < 1.29 is 19.1 Å². The lowest BCUT2D eigenvalue weighted by atomic mass is 10.2. The van der Waals surface area contributed by atoms with Crippen molar-refractivity contribution in [3.63, 3.8) is 0 Å². The average molecular weight is 420 g/mol. The normalized spacial score (nSPS) is 15.9. The number of rotatable bonds is 8. The van der Waals surface area contributed by atoms with Gasteiger partial charge in [0, 0.05) is 18.7 Å². The Balaban J connectivity index is 1.75. The number of urea groups is 1. The van der Waals surface area contributed by atoms with Gasteiger partial charge < -0.3 is 14.8 Å². The monoisotopic (exact) mass is 419 g/mol. The van der Waals surface area contributed by atoms with Gasteiger partial charge in [-0.1, -0.05) is 11.8 Å². The van der Waals surface area contributed by atoms with E-state index in [1.54, 1.807) is 14.0 Å². The van der Waals surface area contributed by atoms with Gasteiger partial charge in [0.05, 0.1) is 25.5 Å². The van der Waals surface area contributed by atoms with Gasteiger partial charge in [-0.15, -0.1) is 10.2 Å². The molecule has 1 aliphatic heterocycles. The Labute approximate surface area is 173 Å². The van der Waals surface area contributed by atoms with Crippen LogP contribution in [0.1, 0.15) is 19.8 Å². The summed E-state index contributed by atoms with van der Waals surface area (Å²) in [6.45, 7) is 3.59. The molecule has 1 aromatic heterocycles. The van der Waals surface area contributed by atoms with E-state index in [9.17, 15) is 9.59 Å². The highest BCUT2D eigenvalue weighted by Gasteiger charge is 2.22. The van der Waals surface area contributed by atoms with Crippen LogP contribution < -0.4 is 15.4 Å². The molecule has 0 spiro atoms. The van der Waals surface area contributed by atoms with E-state index >= 15 is 0 Å². The first-order valence-corrected chi connectivity index (χ1v) is 10.5. The molecule has 2 heterocycles. The minimum absolute atomic E-state index is 0.0589. The number of aromatic nitrogens is 3. The maximum atomic E-state index is 12.0. The van der Waals surface area contributed by atoms with E-state index in [-0.39, 0.29) is 11.9 Å². The fourth-order valence-corrected chi connectivity index (χ4v) is 3.75. The second kappa shape index (κ2) is 10.3. The average Bonchev–Trinajstić information content (AvgIpc) is 3.37. The first-order chi connectivity index (χ1) is 14.1.